The minimum Gasteiger partial charge on any atom is -0.441 e. The van der Waals surface area contributed by atoms with E-state index in [4.69, 9.17) is 4.42 Å². The first-order chi connectivity index (χ1) is 13.7. The number of nitrogens with one attached hydrogen (secondary N) is 1. The summed E-state index contributed by atoms with van der Waals surface area (Å²) in [4.78, 5) is 19.0. The van der Waals surface area contributed by atoms with Crippen LogP contribution in [-0.4, -0.2) is 24.0 Å². The molecule has 0 atom stereocenters. The minimum atomic E-state index is 0.0239. The van der Waals surface area contributed by atoms with Gasteiger partial charge in [-0.25, -0.2) is 4.98 Å². The van der Waals surface area contributed by atoms with Crippen LogP contribution >= 0.6 is 0 Å². The molecule has 1 N–H and O–H groups in total. The Labute approximate surface area is 165 Å². The molecule has 0 aliphatic carbocycles. The Hall–Kier alpha value is -3.08. The van der Waals surface area contributed by atoms with Crippen molar-refractivity contribution in [3.05, 3.63) is 66.2 Å². The van der Waals surface area contributed by atoms with Gasteiger partial charge in [0, 0.05) is 42.9 Å². The van der Waals surface area contributed by atoms with Crippen molar-refractivity contribution in [2.45, 2.75) is 32.6 Å². The summed E-state index contributed by atoms with van der Waals surface area (Å²) >= 11 is 0. The molecule has 0 saturated heterocycles. The second-order valence-corrected chi connectivity index (χ2v) is 7.06. The monoisotopic (exact) mass is 375 g/mol. The van der Waals surface area contributed by atoms with Gasteiger partial charge in [0.15, 0.2) is 11.7 Å². The first-order valence-corrected chi connectivity index (χ1v) is 9.91. The van der Waals surface area contributed by atoms with E-state index in [1.807, 2.05) is 36.4 Å². The van der Waals surface area contributed by atoms with Crippen LogP contribution in [0.1, 0.15) is 31.2 Å². The zero-order chi connectivity index (χ0) is 19.3. The predicted molar refractivity (Wildman–Crippen MR) is 112 cm³/mol. The Morgan fingerprint density at radius 2 is 2.07 bits per heavy atom. The number of amides is 1. The number of likely N-dealkylation sites (N-methyl/N-ethyl adjacent to an activating group) is 1. The lowest BCUT2D eigenvalue weighted by Gasteiger charge is -2.17. The standard InChI is InChI=1S/C23H25N3O2/c1-2-26-14-13-17-11-12-19(15-20(17)26)25-22(27)9-6-10-23-24-16-21(28-23)18-7-4-3-5-8-18/h3-5,7-8,11-12,15-16H,2,6,9-10,13-14H2,1H3,(H,25,27). The minimum absolute atomic E-state index is 0.0239. The van der Waals surface area contributed by atoms with Crippen LogP contribution in [0.5, 0.6) is 0 Å². The highest BCUT2D eigenvalue weighted by atomic mass is 16.4. The van der Waals surface area contributed by atoms with Crippen LogP contribution in [0.25, 0.3) is 11.3 Å². The number of anilines is 2. The summed E-state index contributed by atoms with van der Waals surface area (Å²) in [5.74, 6) is 1.46. The average Bonchev–Trinajstić information content (AvgIpc) is 3.35. The smallest absolute Gasteiger partial charge is 0.224 e. The molecule has 3 aromatic rings. The Balaban J connectivity index is 1.28. The van der Waals surface area contributed by atoms with E-state index >= 15 is 0 Å². The van der Waals surface area contributed by atoms with Crippen LogP contribution < -0.4 is 10.2 Å². The molecule has 4 rings (SSSR count). The molecule has 1 aliphatic heterocycles. The van der Waals surface area contributed by atoms with E-state index in [2.05, 4.69) is 34.3 Å². The van der Waals surface area contributed by atoms with E-state index in [9.17, 15) is 4.79 Å². The molecule has 0 radical (unpaired) electrons. The van der Waals surface area contributed by atoms with Gasteiger partial charge in [0.2, 0.25) is 5.91 Å². The number of oxazole rings is 1. The zero-order valence-corrected chi connectivity index (χ0v) is 16.1. The van der Waals surface area contributed by atoms with Gasteiger partial charge in [-0.2, -0.15) is 0 Å². The summed E-state index contributed by atoms with van der Waals surface area (Å²) in [6.45, 7) is 4.21. The van der Waals surface area contributed by atoms with Crippen molar-refractivity contribution < 1.29 is 9.21 Å². The molecule has 28 heavy (non-hydrogen) atoms. The van der Waals surface area contributed by atoms with E-state index < -0.39 is 0 Å². The molecule has 1 aliphatic rings. The largest absolute Gasteiger partial charge is 0.441 e. The maximum Gasteiger partial charge on any atom is 0.224 e. The second-order valence-electron chi connectivity index (χ2n) is 7.06. The maximum atomic E-state index is 12.3. The van der Waals surface area contributed by atoms with Gasteiger partial charge in [0.1, 0.15) is 0 Å². The third-order valence-electron chi connectivity index (χ3n) is 5.15. The Morgan fingerprint density at radius 3 is 2.89 bits per heavy atom. The first-order valence-electron chi connectivity index (χ1n) is 9.91. The van der Waals surface area contributed by atoms with E-state index in [-0.39, 0.29) is 5.91 Å². The number of nitrogens with zero attached hydrogens (tertiary/aromatic N) is 2. The third kappa shape index (κ3) is 4.09. The van der Waals surface area contributed by atoms with Gasteiger partial charge < -0.3 is 14.6 Å². The van der Waals surface area contributed by atoms with Crippen molar-refractivity contribution in [3.63, 3.8) is 0 Å². The fourth-order valence-corrected chi connectivity index (χ4v) is 3.64. The number of hydrogen-bond donors (Lipinski definition) is 1. The topological polar surface area (TPSA) is 58.4 Å². The molecule has 0 saturated carbocycles. The van der Waals surface area contributed by atoms with Crippen molar-refractivity contribution in [1.82, 2.24) is 4.98 Å². The molecule has 0 bridgehead atoms. The highest BCUT2D eigenvalue weighted by Gasteiger charge is 2.18. The van der Waals surface area contributed by atoms with Crippen molar-refractivity contribution in [2.24, 2.45) is 0 Å². The Kier molecular flexibility index (Phi) is 5.42. The second kappa shape index (κ2) is 8.30. The van der Waals surface area contributed by atoms with Gasteiger partial charge in [-0.3, -0.25) is 4.79 Å². The van der Waals surface area contributed by atoms with E-state index in [0.717, 1.165) is 36.5 Å². The molecule has 1 amide bonds. The maximum absolute atomic E-state index is 12.3. The molecule has 5 heteroatoms. The Bertz CT molecular complexity index is 949. The van der Waals surface area contributed by atoms with E-state index in [0.29, 0.717) is 25.2 Å². The highest BCUT2D eigenvalue weighted by Crippen LogP contribution is 2.30. The number of carbonyl (C=O) groups excluding carboxylic acids is 1. The number of benzene rings is 2. The summed E-state index contributed by atoms with van der Waals surface area (Å²) in [7, 11) is 0. The van der Waals surface area contributed by atoms with E-state index in [1.165, 1.54) is 11.3 Å². The Morgan fingerprint density at radius 1 is 1.21 bits per heavy atom. The van der Waals surface area contributed by atoms with Crippen LogP contribution in [0.15, 0.2) is 59.1 Å². The van der Waals surface area contributed by atoms with Gasteiger partial charge in [0.05, 0.1) is 6.20 Å². The molecule has 5 nitrogen and oxygen atoms in total. The average molecular weight is 375 g/mol. The molecular formula is C23H25N3O2. The van der Waals surface area contributed by atoms with Gasteiger partial charge >= 0.3 is 0 Å². The van der Waals surface area contributed by atoms with Crippen LogP contribution in [0.4, 0.5) is 11.4 Å². The summed E-state index contributed by atoms with van der Waals surface area (Å²) in [5.41, 5.74) is 4.48. The number of aromatic nitrogens is 1. The van der Waals surface area contributed by atoms with Gasteiger partial charge in [-0.05, 0) is 37.5 Å². The van der Waals surface area contributed by atoms with Gasteiger partial charge in [-0.15, -0.1) is 0 Å². The highest BCUT2D eigenvalue weighted by molar-refractivity contribution is 5.91. The molecule has 0 spiro atoms. The molecule has 2 aromatic carbocycles. The summed E-state index contributed by atoms with van der Waals surface area (Å²) in [6, 6.07) is 16.1. The molecule has 1 aromatic heterocycles. The molecule has 0 unspecified atom stereocenters. The lowest BCUT2D eigenvalue weighted by molar-refractivity contribution is -0.116. The third-order valence-corrected chi connectivity index (χ3v) is 5.15. The molecule has 0 fully saturated rings. The number of hydrogen-bond acceptors (Lipinski definition) is 4. The van der Waals surface area contributed by atoms with Crippen LogP contribution in [0.3, 0.4) is 0 Å². The van der Waals surface area contributed by atoms with Crippen LogP contribution in [0.2, 0.25) is 0 Å². The number of aryl methyl sites for hydroxylation is 1. The van der Waals surface area contributed by atoms with Crippen LogP contribution in [-0.2, 0) is 17.6 Å². The van der Waals surface area contributed by atoms with E-state index in [1.54, 1.807) is 6.20 Å². The SMILES string of the molecule is CCN1CCc2ccc(NC(=O)CCCc3ncc(-c4ccccc4)o3)cc21. The molecule has 144 valence electrons. The summed E-state index contributed by atoms with van der Waals surface area (Å²) in [5, 5.41) is 3.02. The lowest BCUT2D eigenvalue weighted by Crippen LogP contribution is -2.19. The summed E-state index contributed by atoms with van der Waals surface area (Å²) < 4.78 is 5.80. The quantitative estimate of drug-likeness (QED) is 0.651. The normalized spacial score (nSPS) is 12.8. The van der Waals surface area contributed by atoms with Crippen molar-refractivity contribution in [1.29, 1.82) is 0 Å². The predicted octanol–water partition coefficient (Wildman–Crippen LogP) is 4.69. The van der Waals surface area contributed by atoms with Crippen molar-refractivity contribution in [3.8, 4) is 11.3 Å². The first kappa shape index (κ1) is 18.3. The summed E-state index contributed by atoms with van der Waals surface area (Å²) in [6.07, 6.45) is 4.62. The van der Waals surface area contributed by atoms with Gasteiger partial charge in [-0.1, -0.05) is 36.4 Å². The van der Waals surface area contributed by atoms with Crippen LogP contribution in [0, 0.1) is 0 Å². The molecule has 2 heterocycles. The fourth-order valence-electron chi connectivity index (χ4n) is 3.64. The zero-order valence-electron chi connectivity index (χ0n) is 16.1. The van der Waals surface area contributed by atoms with Crippen molar-refractivity contribution in [2.75, 3.05) is 23.3 Å². The number of fused-ring (bicyclic) bond motifs is 1. The number of carbonyl (C=O) groups is 1. The van der Waals surface area contributed by atoms with Gasteiger partial charge in [0.25, 0.3) is 0 Å². The molecular weight excluding hydrogens is 350 g/mol. The fraction of sp³-hybridized carbons (Fsp3) is 0.304. The number of rotatable bonds is 7. The lowest BCUT2D eigenvalue weighted by atomic mass is 10.1. The van der Waals surface area contributed by atoms with Crippen molar-refractivity contribution >= 4 is 17.3 Å².